The van der Waals surface area contributed by atoms with Crippen LogP contribution in [0.2, 0.25) is 0 Å². The number of nitrogens with one attached hydrogen (secondary N) is 2. The van der Waals surface area contributed by atoms with E-state index < -0.39 is 29.7 Å². The molecular formula is C22H22FN3O6. The minimum absolute atomic E-state index is 0.00255. The van der Waals surface area contributed by atoms with Gasteiger partial charge in [-0.15, -0.1) is 0 Å². The van der Waals surface area contributed by atoms with Gasteiger partial charge in [0.05, 0.1) is 5.92 Å². The SMILES string of the molecule is C[C@@H](Oc1ccccc1F)C(=O)NNC(=O)[C@H]1CC(=O)N(c2ccc3c(c2)OCCO3)C1. The number of nitrogens with zero attached hydrogens (tertiary/aromatic N) is 1. The lowest BCUT2D eigenvalue weighted by Gasteiger charge is -2.22. The number of carbonyl (C=O) groups is 3. The van der Waals surface area contributed by atoms with Crippen molar-refractivity contribution in [2.45, 2.75) is 19.4 Å². The molecule has 0 radical (unpaired) electrons. The highest BCUT2D eigenvalue weighted by Gasteiger charge is 2.36. The summed E-state index contributed by atoms with van der Waals surface area (Å²) in [6.45, 7) is 2.47. The first-order chi connectivity index (χ1) is 15.4. The predicted octanol–water partition coefficient (Wildman–Crippen LogP) is 1.56. The van der Waals surface area contributed by atoms with Gasteiger partial charge in [-0.25, -0.2) is 4.39 Å². The van der Waals surface area contributed by atoms with Gasteiger partial charge in [0.15, 0.2) is 29.2 Å². The lowest BCUT2D eigenvalue weighted by molar-refractivity contribution is -0.134. The fraction of sp³-hybridized carbons (Fsp3) is 0.318. The molecule has 4 rings (SSSR count). The van der Waals surface area contributed by atoms with E-state index in [9.17, 15) is 18.8 Å². The number of benzene rings is 2. The minimum Gasteiger partial charge on any atom is -0.486 e. The molecule has 168 valence electrons. The van der Waals surface area contributed by atoms with Gasteiger partial charge in [-0.2, -0.15) is 0 Å². The molecule has 1 saturated heterocycles. The molecule has 0 aliphatic carbocycles. The summed E-state index contributed by atoms with van der Waals surface area (Å²) in [5, 5.41) is 0. The van der Waals surface area contributed by atoms with Crippen molar-refractivity contribution in [2.24, 2.45) is 5.92 Å². The Bertz CT molecular complexity index is 1050. The van der Waals surface area contributed by atoms with E-state index in [0.29, 0.717) is 30.4 Å². The monoisotopic (exact) mass is 443 g/mol. The summed E-state index contributed by atoms with van der Waals surface area (Å²) in [5.41, 5.74) is 5.17. The highest BCUT2D eigenvalue weighted by molar-refractivity contribution is 6.00. The van der Waals surface area contributed by atoms with E-state index in [1.807, 2.05) is 0 Å². The summed E-state index contributed by atoms with van der Waals surface area (Å²) >= 11 is 0. The topological polar surface area (TPSA) is 106 Å². The molecule has 3 amide bonds. The van der Waals surface area contributed by atoms with Crippen LogP contribution in [0.15, 0.2) is 42.5 Å². The Labute approximate surface area is 183 Å². The summed E-state index contributed by atoms with van der Waals surface area (Å²) in [5.74, 6) is -1.55. The molecule has 0 bridgehead atoms. The molecule has 1 fully saturated rings. The first kappa shape index (κ1) is 21.4. The highest BCUT2D eigenvalue weighted by Crippen LogP contribution is 2.35. The van der Waals surface area contributed by atoms with Gasteiger partial charge in [0.25, 0.3) is 5.91 Å². The Morgan fingerprint density at radius 3 is 2.66 bits per heavy atom. The molecule has 10 heteroatoms. The fourth-order valence-corrected chi connectivity index (χ4v) is 3.44. The number of hydrazine groups is 1. The van der Waals surface area contributed by atoms with E-state index in [1.165, 1.54) is 30.0 Å². The fourth-order valence-electron chi connectivity index (χ4n) is 3.44. The number of para-hydroxylation sites is 1. The van der Waals surface area contributed by atoms with E-state index in [4.69, 9.17) is 14.2 Å². The molecule has 2 N–H and O–H groups in total. The Morgan fingerprint density at radius 1 is 1.12 bits per heavy atom. The normalized spacial score (nSPS) is 18.1. The molecule has 0 saturated carbocycles. The van der Waals surface area contributed by atoms with E-state index in [2.05, 4.69) is 10.9 Å². The van der Waals surface area contributed by atoms with E-state index >= 15 is 0 Å². The van der Waals surface area contributed by atoms with Crippen LogP contribution in [-0.2, 0) is 14.4 Å². The van der Waals surface area contributed by atoms with Crippen molar-refractivity contribution in [1.82, 2.24) is 10.9 Å². The van der Waals surface area contributed by atoms with Gasteiger partial charge in [-0.3, -0.25) is 25.2 Å². The number of hydrogen-bond acceptors (Lipinski definition) is 6. The number of halogens is 1. The lowest BCUT2D eigenvalue weighted by Crippen LogP contribution is -2.49. The minimum atomic E-state index is -1.05. The summed E-state index contributed by atoms with van der Waals surface area (Å²) in [7, 11) is 0. The van der Waals surface area contributed by atoms with Crippen LogP contribution in [0.3, 0.4) is 0 Å². The highest BCUT2D eigenvalue weighted by atomic mass is 19.1. The maximum absolute atomic E-state index is 13.7. The summed E-state index contributed by atoms with van der Waals surface area (Å²) in [6.07, 6.45) is -1.05. The van der Waals surface area contributed by atoms with Gasteiger partial charge < -0.3 is 19.1 Å². The van der Waals surface area contributed by atoms with Crippen LogP contribution in [0.4, 0.5) is 10.1 Å². The zero-order valence-electron chi connectivity index (χ0n) is 17.3. The third-order valence-electron chi connectivity index (χ3n) is 5.15. The number of anilines is 1. The number of fused-ring (bicyclic) bond motifs is 1. The molecule has 2 aliphatic heterocycles. The lowest BCUT2D eigenvalue weighted by atomic mass is 10.1. The van der Waals surface area contributed by atoms with Crippen molar-refractivity contribution >= 4 is 23.4 Å². The van der Waals surface area contributed by atoms with Crippen LogP contribution < -0.4 is 30.0 Å². The van der Waals surface area contributed by atoms with Crippen LogP contribution in [0.5, 0.6) is 17.2 Å². The largest absolute Gasteiger partial charge is 0.486 e. The van der Waals surface area contributed by atoms with Crippen molar-refractivity contribution in [1.29, 1.82) is 0 Å². The first-order valence-corrected chi connectivity index (χ1v) is 10.1. The zero-order chi connectivity index (χ0) is 22.7. The van der Waals surface area contributed by atoms with E-state index in [-0.39, 0.29) is 24.6 Å². The van der Waals surface area contributed by atoms with Crippen LogP contribution in [-0.4, -0.2) is 43.6 Å². The molecule has 0 aromatic heterocycles. The average Bonchev–Trinajstić information content (AvgIpc) is 3.20. The van der Waals surface area contributed by atoms with E-state index in [0.717, 1.165) is 0 Å². The van der Waals surface area contributed by atoms with Gasteiger partial charge in [0, 0.05) is 24.7 Å². The van der Waals surface area contributed by atoms with Crippen LogP contribution >= 0.6 is 0 Å². The van der Waals surface area contributed by atoms with Crippen molar-refractivity contribution < 1.29 is 33.0 Å². The number of amides is 3. The molecule has 32 heavy (non-hydrogen) atoms. The van der Waals surface area contributed by atoms with Crippen LogP contribution in [0.1, 0.15) is 13.3 Å². The van der Waals surface area contributed by atoms with Crippen LogP contribution in [0, 0.1) is 11.7 Å². The number of rotatable bonds is 5. The predicted molar refractivity (Wildman–Crippen MR) is 111 cm³/mol. The Morgan fingerprint density at radius 2 is 1.88 bits per heavy atom. The second kappa shape index (κ2) is 9.13. The maximum Gasteiger partial charge on any atom is 0.279 e. The average molecular weight is 443 g/mol. The van der Waals surface area contributed by atoms with Gasteiger partial charge in [-0.1, -0.05) is 12.1 Å². The summed E-state index contributed by atoms with van der Waals surface area (Å²) < 4.78 is 30.0. The van der Waals surface area contributed by atoms with Crippen molar-refractivity contribution in [3.63, 3.8) is 0 Å². The van der Waals surface area contributed by atoms with Gasteiger partial charge in [0.1, 0.15) is 13.2 Å². The maximum atomic E-state index is 13.7. The van der Waals surface area contributed by atoms with Crippen molar-refractivity contribution in [3.8, 4) is 17.2 Å². The summed E-state index contributed by atoms with van der Waals surface area (Å²) in [6, 6.07) is 10.9. The smallest absolute Gasteiger partial charge is 0.279 e. The molecule has 2 heterocycles. The van der Waals surface area contributed by atoms with E-state index in [1.54, 1.807) is 24.3 Å². The molecule has 0 spiro atoms. The Kier molecular flexibility index (Phi) is 6.11. The molecule has 2 aromatic carbocycles. The van der Waals surface area contributed by atoms with Gasteiger partial charge in [0.2, 0.25) is 11.8 Å². The molecule has 0 unspecified atom stereocenters. The van der Waals surface area contributed by atoms with Gasteiger partial charge >= 0.3 is 0 Å². The molecule has 9 nitrogen and oxygen atoms in total. The summed E-state index contributed by atoms with van der Waals surface area (Å²) in [4.78, 5) is 38.6. The third kappa shape index (κ3) is 4.58. The van der Waals surface area contributed by atoms with Crippen molar-refractivity contribution in [2.75, 3.05) is 24.7 Å². The molecular weight excluding hydrogens is 421 g/mol. The van der Waals surface area contributed by atoms with Gasteiger partial charge in [-0.05, 0) is 31.2 Å². The Balaban J connectivity index is 1.31. The molecule has 2 atom stereocenters. The number of ether oxygens (including phenoxy) is 3. The number of carbonyl (C=O) groups excluding carboxylic acids is 3. The molecule has 2 aromatic rings. The zero-order valence-corrected chi connectivity index (χ0v) is 17.3. The quantitative estimate of drug-likeness (QED) is 0.680. The van der Waals surface area contributed by atoms with Crippen molar-refractivity contribution in [3.05, 3.63) is 48.3 Å². The Hall–Kier alpha value is -3.82. The second-order valence-electron chi connectivity index (χ2n) is 7.40. The molecule has 2 aliphatic rings. The third-order valence-corrected chi connectivity index (χ3v) is 5.15. The number of hydrogen-bond donors (Lipinski definition) is 2. The standard InChI is InChI=1S/C22H22FN3O6/c1-13(32-17-5-3-2-4-16(17)23)21(28)24-25-22(29)14-10-20(27)26(12-14)15-6-7-18-19(11-15)31-9-8-30-18/h2-7,11,13-14H,8-10,12H2,1H3,(H,24,28)(H,25,29)/t13-,14+/m1/s1. The second-order valence-corrected chi connectivity index (χ2v) is 7.40. The van der Waals surface area contributed by atoms with Crippen LogP contribution in [0.25, 0.3) is 0 Å². The first-order valence-electron chi connectivity index (χ1n) is 10.1.